The van der Waals surface area contributed by atoms with Crippen molar-refractivity contribution in [2.45, 2.75) is 42.9 Å². The fourth-order valence-corrected chi connectivity index (χ4v) is 6.14. The molecule has 2 aliphatic heterocycles. The Balaban J connectivity index is 1.39. The standard InChI is InChI=1S/C32H33N3O5/c36-27-18-21-35(31(38)33-27)30-28(34-19-10-11-20-34)29(37)26(40-30)22-39-32(23-12-4-1-5-13-23,24-14-6-2-7-15-24)25-16-8-3-9-17-25/h1-9,12-18,21,26,28-30,37H,10-11,19-20,22H2,(H,33,36,38)/t26-,28-,29+,30-/m1/s1. The molecule has 3 aromatic carbocycles. The lowest BCUT2D eigenvalue weighted by Gasteiger charge is -2.37. The van der Waals surface area contributed by atoms with E-state index in [2.05, 4.69) is 9.88 Å². The van der Waals surface area contributed by atoms with Gasteiger partial charge in [0.2, 0.25) is 0 Å². The summed E-state index contributed by atoms with van der Waals surface area (Å²) < 4.78 is 14.7. The summed E-state index contributed by atoms with van der Waals surface area (Å²) in [5.41, 5.74) is 0.833. The number of hydrogen-bond donors (Lipinski definition) is 2. The van der Waals surface area contributed by atoms with E-state index in [0.717, 1.165) is 42.6 Å². The minimum Gasteiger partial charge on any atom is -0.388 e. The van der Waals surface area contributed by atoms with Crippen molar-refractivity contribution in [2.75, 3.05) is 19.7 Å². The van der Waals surface area contributed by atoms with E-state index in [4.69, 9.17) is 9.47 Å². The molecule has 4 aromatic rings. The van der Waals surface area contributed by atoms with Gasteiger partial charge in [-0.25, -0.2) is 4.79 Å². The molecule has 2 saturated heterocycles. The van der Waals surface area contributed by atoms with Gasteiger partial charge in [-0.3, -0.25) is 19.2 Å². The Labute approximate surface area is 232 Å². The first kappa shape index (κ1) is 26.4. The summed E-state index contributed by atoms with van der Waals surface area (Å²) >= 11 is 0. The van der Waals surface area contributed by atoms with Crippen LogP contribution >= 0.6 is 0 Å². The number of benzene rings is 3. The van der Waals surface area contributed by atoms with Crippen LogP contribution in [0.3, 0.4) is 0 Å². The van der Waals surface area contributed by atoms with Crippen LogP contribution in [0, 0.1) is 0 Å². The average Bonchev–Trinajstić information content (AvgIpc) is 3.63. The van der Waals surface area contributed by atoms with Crippen molar-refractivity contribution < 1.29 is 14.6 Å². The molecule has 2 fully saturated rings. The molecule has 8 heteroatoms. The SMILES string of the molecule is O=c1ccn([C@@H]2O[C@H](COC(c3ccccc3)(c3ccccc3)c3ccccc3)[C@H](O)[C@H]2N2CCCC2)c(=O)[nH]1. The molecule has 4 atom stereocenters. The third-order valence-corrected chi connectivity index (χ3v) is 8.03. The van der Waals surface area contributed by atoms with Crippen LogP contribution in [0.1, 0.15) is 35.8 Å². The molecule has 0 spiro atoms. The van der Waals surface area contributed by atoms with Gasteiger partial charge in [0.1, 0.15) is 17.8 Å². The molecular formula is C32H33N3O5. The molecule has 0 aliphatic carbocycles. The van der Waals surface area contributed by atoms with E-state index in [0.29, 0.717) is 0 Å². The summed E-state index contributed by atoms with van der Waals surface area (Å²) in [6, 6.07) is 31.0. The van der Waals surface area contributed by atoms with E-state index in [1.54, 1.807) is 0 Å². The predicted molar refractivity (Wildman–Crippen MR) is 151 cm³/mol. The van der Waals surface area contributed by atoms with Crippen LogP contribution in [0.5, 0.6) is 0 Å². The first-order valence-corrected chi connectivity index (χ1v) is 13.8. The Kier molecular flexibility index (Phi) is 7.49. The molecule has 0 amide bonds. The lowest BCUT2D eigenvalue weighted by molar-refractivity contribution is -0.0951. The van der Waals surface area contributed by atoms with Crippen LogP contribution in [0.25, 0.3) is 0 Å². The molecule has 3 heterocycles. The predicted octanol–water partition coefficient (Wildman–Crippen LogP) is 3.27. The molecule has 6 rings (SSSR count). The number of hydrogen-bond acceptors (Lipinski definition) is 6. The Bertz CT molecular complexity index is 1420. The van der Waals surface area contributed by atoms with Gasteiger partial charge in [-0.15, -0.1) is 0 Å². The van der Waals surface area contributed by atoms with E-state index in [-0.39, 0.29) is 6.61 Å². The fraction of sp³-hybridized carbons (Fsp3) is 0.312. The normalized spacial score (nSPS) is 23.4. The smallest absolute Gasteiger partial charge is 0.330 e. The molecule has 1 aromatic heterocycles. The second-order valence-electron chi connectivity index (χ2n) is 10.4. The summed E-state index contributed by atoms with van der Waals surface area (Å²) in [5, 5.41) is 11.7. The van der Waals surface area contributed by atoms with E-state index in [1.165, 1.54) is 16.8 Å². The highest BCUT2D eigenvalue weighted by molar-refractivity contribution is 5.47. The van der Waals surface area contributed by atoms with Crippen LogP contribution in [0.4, 0.5) is 0 Å². The Hall–Kier alpha value is -3.82. The van der Waals surface area contributed by atoms with Crippen molar-refractivity contribution >= 4 is 0 Å². The molecule has 0 saturated carbocycles. The highest BCUT2D eigenvalue weighted by atomic mass is 16.6. The highest BCUT2D eigenvalue weighted by Gasteiger charge is 2.49. The molecule has 206 valence electrons. The van der Waals surface area contributed by atoms with Gasteiger partial charge >= 0.3 is 5.69 Å². The number of nitrogens with zero attached hydrogens (tertiary/aromatic N) is 2. The van der Waals surface area contributed by atoms with Crippen molar-refractivity contribution in [1.82, 2.24) is 14.5 Å². The minimum absolute atomic E-state index is 0.0682. The van der Waals surface area contributed by atoms with E-state index < -0.39 is 41.3 Å². The number of aliphatic hydroxyl groups excluding tert-OH is 1. The third-order valence-electron chi connectivity index (χ3n) is 8.03. The van der Waals surface area contributed by atoms with Gasteiger partial charge in [-0.2, -0.15) is 0 Å². The van der Waals surface area contributed by atoms with Crippen molar-refractivity contribution in [3.8, 4) is 0 Å². The van der Waals surface area contributed by atoms with Gasteiger partial charge in [0.15, 0.2) is 6.23 Å². The number of H-pyrrole nitrogens is 1. The van der Waals surface area contributed by atoms with Crippen molar-refractivity contribution in [2.24, 2.45) is 0 Å². The molecule has 8 nitrogen and oxygen atoms in total. The minimum atomic E-state index is -0.969. The molecule has 2 N–H and O–H groups in total. The first-order valence-electron chi connectivity index (χ1n) is 13.8. The molecule has 2 aliphatic rings. The Morgan fingerprint density at radius 1 is 0.825 bits per heavy atom. The average molecular weight is 540 g/mol. The Morgan fingerprint density at radius 2 is 1.35 bits per heavy atom. The number of likely N-dealkylation sites (tertiary alicyclic amines) is 1. The van der Waals surface area contributed by atoms with E-state index in [9.17, 15) is 14.7 Å². The second-order valence-corrected chi connectivity index (χ2v) is 10.4. The number of aromatic amines is 1. The summed E-state index contributed by atoms with van der Waals surface area (Å²) in [4.78, 5) is 29.0. The zero-order chi connectivity index (χ0) is 27.5. The van der Waals surface area contributed by atoms with E-state index in [1.807, 2.05) is 91.0 Å². The number of rotatable bonds is 8. The van der Waals surface area contributed by atoms with Crippen LogP contribution in [0.15, 0.2) is 113 Å². The fourth-order valence-electron chi connectivity index (χ4n) is 6.14. The maximum Gasteiger partial charge on any atom is 0.330 e. The monoisotopic (exact) mass is 539 g/mol. The van der Waals surface area contributed by atoms with E-state index >= 15 is 0 Å². The molecule has 0 unspecified atom stereocenters. The van der Waals surface area contributed by atoms with Crippen LogP contribution in [0.2, 0.25) is 0 Å². The van der Waals surface area contributed by atoms with Crippen LogP contribution in [-0.4, -0.2) is 57.5 Å². The van der Waals surface area contributed by atoms with Crippen molar-refractivity contribution in [3.05, 3.63) is 141 Å². The zero-order valence-corrected chi connectivity index (χ0v) is 22.1. The molecule has 0 bridgehead atoms. The topological polar surface area (TPSA) is 96.8 Å². The molecular weight excluding hydrogens is 506 g/mol. The maximum atomic E-state index is 12.8. The Morgan fingerprint density at radius 3 is 1.85 bits per heavy atom. The summed E-state index contributed by atoms with van der Waals surface area (Å²) in [6.07, 6.45) is 1.05. The van der Waals surface area contributed by atoms with Gasteiger partial charge in [0.25, 0.3) is 5.56 Å². The first-order chi connectivity index (χ1) is 19.6. The van der Waals surface area contributed by atoms with Crippen molar-refractivity contribution in [3.63, 3.8) is 0 Å². The summed E-state index contributed by atoms with van der Waals surface area (Å²) in [7, 11) is 0. The second kappa shape index (κ2) is 11.3. The molecule has 40 heavy (non-hydrogen) atoms. The van der Waals surface area contributed by atoms with Gasteiger partial charge in [0, 0.05) is 12.3 Å². The third kappa shape index (κ3) is 4.84. The zero-order valence-electron chi connectivity index (χ0n) is 22.1. The lowest BCUT2D eigenvalue weighted by Crippen LogP contribution is -2.48. The highest BCUT2D eigenvalue weighted by Crippen LogP contribution is 2.42. The van der Waals surface area contributed by atoms with Gasteiger partial charge in [0.05, 0.1) is 12.6 Å². The van der Waals surface area contributed by atoms with Crippen molar-refractivity contribution in [1.29, 1.82) is 0 Å². The number of aromatic nitrogens is 2. The maximum absolute atomic E-state index is 12.8. The quantitative estimate of drug-likeness (QED) is 0.334. The number of aliphatic hydroxyl groups is 1. The van der Waals surface area contributed by atoms with Gasteiger partial charge in [-0.1, -0.05) is 91.0 Å². The number of ether oxygens (including phenoxy) is 2. The molecule has 0 radical (unpaired) electrons. The van der Waals surface area contributed by atoms with Crippen LogP contribution in [-0.2, 0) is 15.1 Å². The lowest BCUT2D eigenvalue weighted by atomic mass is 9.80. The van der Waals surface area contributed by atoms with Crippen LogP contribution < -0.4 is 11.2 Å². The summed E-state index contributed by atoms with van der Waals surface area (Å²) in [6.45, 7) is 1.67. The number of nitrogens with one attached hydrogen (secondary N) is 1. The largest absolute Gasteiger partial charge is 0.388 e. The van der Waals surface area contributed by atoms with Gasteiger partial charge in [-0.05, 0) is 42.6 Å². The van der Waals surface area contributed by atoms with Gasteiger partial charge < -0.3 is 14.6 Å². The summed E-state index contributed by atoms with van der Waals surface area (Å²) in [5.74, 6) is 0.